The first-order valence-electron chi connectivity index (χ1n) is 10.2. The van der Waals surface area contributed by atoms with Crippen LogP contribution in [0.15, 0.2) is 78.3 Å². The number of hydrogen-bond donors (Lipinski definition) is 2. The van der Waals surface area contributed by atoms with E-state index in [0.717, 1.165) is 44.9 Å². The van der Waals surface area contributed by atoms with Gasteiger partial charge in [0.2, 0.25) is 0 Å². The van der Waals surface area contributed by atoms with Crippen LogP contribution in [0.4, 0.5) is 0 Å². The second-order valence-corrected chi connectivity index (χ2v) is 7.08. The Labute approximate surface area is 173 Å². The molecule has 0 aliphatic heterocycles. The Morgan fingerprint density at radius 3 is 2.31 bits per heavy atom. The molecule has 0 saturated heterocycles. The molecule has 1 unspecified atom stereocenters. The molecule has 0 aliphatic carbocycles. The highest BCUT2D eigenvalue weighted by molar-refractivity contribution is 5.79. The van der Waals surface area contributed by atoms with E-state index in [4.69, 9.17) is 0 Å². The number of nitrogens with zero attached hydrogens (tertiary/aromatic N) is 4. The predicted molar refractivity (Wildman–Crippen MR) is 118 cm³/mol. The van der Waals surface area contributed by atoms with Crippen molar-refractivity contribution in [1.82, 2.24) is 25.4 Å². The highest BCUT2D eigenvalue weighted by atomic mass is 15.2. The number of hydrogen-bond acceptors (Lipinski definition) is 3. The number of guanidine groups is 1. The van der Waals surface area contributed by atoms with Crippen molar-refractivity contribution < 1.29 is 0 Å². The zero-order valence-electron chi connectivity index (χ0n) is 17.0. The van der Waals surface area contributed by atoms with Crippen molar-refractivity contribution in [3.8, 4) is 0 Å². The van der Waals surface area contributed by atoms with E-state index in [1.165, 1.54) is 11.1 Å². The lowest BCUT2D eigenvalue weighted by atomic mass is 9.92. The first-order chi connectivity index (χ1) is 14.3. The fraction of sp³-hybridized carbons (Fsp3) is 0.348. The second-order valence-electron chi connectivity index (χ2n) is 7.08. The maximum atomic E-state index is 4.38. The Morgan fingerprint density at radius 1 is 0.931 bits per heavy atom. The molecule has 1 atom stereocenters. The van der Waals surface area contributed by atoms with Crippen molar-refractivity contribution in [3.63, 3.8) is 0 Å². The number of unbranched alkanes of at least 4 members (excludes halogenated alkanes) is 1. The molecule has 0 saturated carbocycles. The minimum absolute atomic E-state index is 0.380. The number of aromatic nitrogens is 3. The van der Waals surface area contributed by atoms with E-state index in [0.29, 0.717) is 5.92 Å². The van der Waals surface area contributed by atoms with Gasteiger partial charge in [0, 0.05) is 32.6 Å². The predicted octanol–water partition coefficient (Wildman–Crippen LogP) is 3.25. The molecule has 2 aromatic carbocycles. The lowest BCUT2D eigenvalue weighted by molar-refractivity contribution is 0.593. The van der Waals surface area contributed by atoms with Crippen molar-refractivity contribution in [1.29, 1.82) is 0 Å². The van der Waals surface area contributed by atoms with Crippen LogP contribution >= 0.6 is 0 Å². The summed E-state index contributed by atoms with van der Waals surface area (Å²) in [5.41, 5.74) is 2.69. The summed E-state index contributed by atoms with van der Waals surface area (Å²) in [6.45, 7) is 2.66. The Balaban J connectivity index is 1.47. The minimum Gasteiger partial charge on any atom is -0.356 e. The zero-order valence-corrected chi connectivity index (χ0v) is 17.0. The fourth-order valence-electron chi connectivity index (χ4n) is 3.34. The Hall–Kier alpha value is -3.15. The SMILES string of the molecule is CN=C(NCCCCn1cnnc1)NCC(Cc1ccccc1)c1ccccc1. The maximum absolute atomic E-state index is 4.38. The van der Waals surface area contributed by atoms with Gasteiger partial charge in [-0.15, -0.1) is 10.2 Å². The molecule has 0 aliphatic rings. The number of rotatable bonds is 10. The molecule has 1 aromatic heterocycles. The molecule has 3 aromatic rings. The van der Waals surface area contributed by atoms with E-state index in [2.05, 4.69) is 86.5 Å². The Morgan fingerprint density at radius 2 is 1.62 bits per heavy atom. The molecular formula is C23H30N6. The third-order valence-electron chi connectivity index (χ3n) is 4.94. The molecule has 6 nitrogen and oxygen atoms in total. The first kappa shape index (κ1) is 20.6. The number of aliphatic imine (C=N–C) groups is 1. The van der Waals surface area contributed by atoms with Crippen molar-refractivity contribution in [2.75, 3.05) is 20.1 Å². The van der Waals surface area contributed by atoms with Gasteiger partial charge in [0.1, 0.15) is 12.7 Å². The molecule has 1 heterocycles. The van der Waals surface area contributed by atoms with E-state index >= 15 is 0 Å². The average Bonchev–Trinajstić information content (AvgIpc) is 3.29. The van der Waals surface area contributed by atoms with Crippen LogP contribution in [0.3, 0.4) is 0 Å². The van der Waals surface area contributed by atoms with Gasteiger partial charge in [-0.25, -0.2) is 0 Å². The van der Waals surface area contributed by atoms with Crippen molar-refractivity contribution in [3.05, 3.63) is 84.4 Å². The quantitative estimate of drug-likeness (QED) is 0.317. The zero-order chi connectivity index (χ0) is 20.2. The van der Waals surface area contributed by atoms with Crippen LogP contribution < -0.4 is 10.6 Å². The summed E-state index contributed by atoms with van der Waals surface area (Å²) < 4.78 is 2.00. The summed E-state index contributed by atoms with van der Waals surface area (Å²) in [6.07, 6.45) is 6.64. The van der Waals surface area contributed by atoms with Gasteiger partial charge in [-0.3, -0.25) is 4.99 Å². The monoisotopic (exact) mass is 390 g/mol. The average molecular weight is 391 g/mol. The van der Waals surface area contributed by atoms with Gasteiger partial charge in [-0.2, -0.15) is 0 Å². The van der Waals surface area contributed by atoms with Crippen LogP contribution in [-0.4, -0.2) is 40.9 Å². The Bertz CT molecular complexity index is 830. The molecule has 0 spiro atoms. The normalized spacial score (nSPS) is 12.5. The lowest BCUT2D eigenvalue weighted by Crippen LogP contribution is -2.40. The maximum Gasteiger partial charge on any atom is 0.190 e. The highest BCUT2D eigenvalue weighted by Gasteiger charge is 2.13. The topological polar surface area (TPSA) is 67.1 Å². The minimum atomic E-state index is 0.380. The third-order valence-corrected chi connectivity index (χ3v) is 4.94. The van der Waals surface area contributed by atoms with Gasteiger partial charge in [0.15, 0.2) is 5.96 Å². The molecule has 0 bridgehead atoms. The van der Waals surface area contributed by atoms with Crippen LogP contribution in [-0.2, 0) is 13.0 Å². The number of aryl methyl sites for hydroxylation is 1. The van der Waals surface area contributed by atoms with E-state index in [9.17, 15) is 0 Å². The summed E-state index contributed by atoms with van der Waals surface area (Å²) in [7, 11) is 1.82. The van der Waals surface area contributed by atoms with Crippen LogP contribution in [0.1, 0.15) is 29.9 Å². The van der Waals surface area contributed by atoms with Crippen molar-refractivity contribution in [2.45, 2.75) is 31.7 Å². The van der Waals surface area contributed by atoms with E-state index in [-0.39, 0.29) is 0 Å². The molecule has 0 fully saturated rings. The molecule has 29 heavy (non-hydrogen) atoms. The summed E-state index contributed by atoms with van der Waals surface area (Å²) >= 11 is 0. The second kappa shape index (κ2) is 11.6. The first-order valence-corrected chi connectivity index (χ1v) is 10.2. The van der Waals surface area contributed by atoms with Gasteiger partial charge in [-0.1, -0.05) is 60.7 Å². The number of benzene rings is 2. The highest BCUT2D eigenvalue weighted by Crippen LogP contribution is 2.20. The van der Waals surface area contributed by atoms with Crippen molar-refractivity contribution >= 4 is 5.96 Å². The van der Waals surface area contributed by atoms with Gasteiger partial charge in [0.25, 0.3) is 0 Å². The fourth-order valence-corrected chi connectivity index (χ4v) is 3.34. The Kier molecular flexibility index (Phi) is 8.26. The van der Waals surface area contributed by atoms with Gasteiger partial charge in [-0.05, 0) is 30.4 Å². The molecule has 2 N–H and O–H groups in total. The smallest absolute Gasteiger partial charge is 0.190 e. The standard InChI is InChI=1S/C23H30N6/c1-24-23(25-14-8-9-15-29-18-27-28-19-29)26-17-22(21-12-6-3-7-13-21)16-20-10-4-2-5-11-20/h2-7,10-13,18-19,22H,8-9,14-17H2,1H3,(H2,24,25,26). The summed E-state index contributed by atoms with van der Waals surface area (Å²) in [5.74, 6) is 1.23. The van der Waals surface area contributed by atoms with E-state index in [1.54, 1.807) is 12.7 Å². The molecule has 0 amide bonds. The molecular weight excluding hydrogens is 360 g/mol. The summed E-state index contributed by atoms with van der Waals surface area (Å²) in [5, 5.41) is 14.6. The van der Waals surface area contributed by atoms with Gasteiger partial charge >= 0.3 is 0 Å². The largest absolute Gasteiger partial charge is 0.356 e. The van der Waals surface area contributed by atoms with E-state index < -0.39 is 0 Å². The van der Waals surface area contributed by atoms with Crippen molar-refractivity contribution in [2.24, 2.45) is 4.99 Å². The molecule has 3 rings (SSSR count). The summed E-state index contributed by atoms with van der Waals surface area (Å²) in [4.78, 5) is 4.38. The third kappa shape index (κ3) is 7.07. The van der Waals surface area contributed by atoms with Crippen LogP contribution in [0, 0.1) is 0 Å². The molecule has 0 radical (unpaired) electrons. The van der Waals surface area contributed by atoms with Gasteiger partial charge in [0.05, 0.1) is 0 Å². The molecule has 152 valence electrons. The molecule has 6 heteroatoms. The number of nitrogens with one attached hydrogen (secondary N) is 2. The summed E-state index contributed by atoms with van der Waals surface area (Å²) in [6, 6.07) is 21.3. The van der Waals surface area contributed by atoms with Gasteiger partial charge < -0.3 is 15.2 Å². The van der Waals surface area contributed by atoms with Crippen LogP contribution in [0.2, 0.25) is 0 Å². The van der Waals surface area contributed by atoms with Crippen LogP contribution in [0.5, 0.6) is 0 Å². The van der Waals surface area contributed by atoms with Crippen LogP contribution in [0.25, 0.3) is 0 Å². The van der Waals surface area contributed by atoms with E-state index in [1.807, 2.05) is 11.6 Å². The lowest BCUT2D eigenvalue weighted by Gasteiger charge is -2.20.